The molecule has 1 saturated heterocycles. The fourth-order valence-corrected chi connectivity index (χ4v) is 3.39. The predicted molar refractivity (Wildman–Crippen MR) is 101 cm³/mol. The normalized spacial score (nSPS) is 16.9. The monoisotopic (exact) mass is 417 g/mol. The van der Waals surface area contributed by atoms with Crippen LogP contribution in [0.15, 0.2) is 53.1 Å². The Morgan fingerprint density at radius 3 is 2.67 bits per heavy atom. The topological polar surface area (TPSA) is 68.5 Å². The second-order valence-corrected chi connectivity index (χ2v) is 7.06. The number of rotatable bonds is 5. The zero-order valence-electron chi connectivity index (χ0n) is 16.0. The number of aromatic nitrogens is 2. The molecule has 1 aliphatic rings. The average molecular weight is 417 g/mol. The van der Waals surface area contributed by atoms with Crippen LogP contribution in [0.4, 0.5) is 13.2 Å². The van der Waals surface area contributed by atoms with Crippen LogP contribution in [0.1, 0.15) is 29.3 Å². The van der Waals surface area contributed by atoms with Crippen molar-refractivity contribution < 1.29 is 27.2 Å². The van der Waals surface area contributed by atoms with Crippen molar-refractivity contribution in [1.82, 2.24) is 15.0 Å². The van der Waals surface area contributed by atoms with E-state index in [1.54, 1.807) is 24.1 Å². The molecule has 9 heteroatoms. The van der Waals surface area contributed by atoms with Crippen LogP contribution >= 0.6 is 0 Å². The summed E-state index contributed by atoms with van der Waals surface area (Å²) in [6.45, 7) is 0.602. The average Bonchev–Trinajstić information content (AvgIpc) is 3.35. The van der Waals surface area contributed by atoms with Crippen molar-refractivity contribution >= 4 is 5.91 Å². The summed E-state index contributed by atoms with van der Waals surface area (Å²) in [5, 5.41) is 4.01. The molecule has 2 heterocycles. The van der Waals surface area contributed by atoms with Crippen molar-refractivity contribution in [1.29, 1.82) is 0 Å². The molecule has 30 heavy (non-hydrogen) atoms. The fraction of sp³-hybridized carbons (Fsp3) is 0.286. The second-order valence-electron chi connectivity index (χ2n) is 7.06. The van der Waals surface area contributed by atoms with Gasteiger partial charge in [-0.05, 0) is 35.9 Å². The minimum absolute atomic E-state index is 0.104. The van der Waals surface area contributed by atoms with Gasteiger partial charge in [0.2, 0.25) is 5.91 Å². The summed E-state index contributed by atoms with van der Waals surface area (Å²) >= 11 is 0. The van der Waals surface area contributed by atoms with Gasteiger partial charge in [-0.25, -0.2) is 0 Å². The number of hydrogen-bond acceptors (Lipinski definition) is 5. The molecular formula is C21H18F3N3O3. The molecule has 1 aromatic heterocycles. The number of ether oxygens (including phenoxy) is 1. The lowest BCUT2D eigenvalue weighted by molar-refractivity contribution is -0.137. The Morgan fingerprint density at radius 2 is 1.97 bits per heavy atom. The predicted octanol–water partition coefficient (Wildman–Crippen LogP) is 4.28. The highest BCUT2D eigenvalue weighted by molar-refractivity contribution is 5.79. The Balaban J connectivity index is 1.44. The summed E-state index contributed by atoms with van der Waals surface area (Å²) in [5.41, 5.74) is 0.620. The molecule has 0 spiro atoms. The lowest BCUT2D eigenvalue weighted by Crippen LogP contribution is -2.24. The van der Waals surface area contributed by atoms with Crippen LogP contribution in [0.2, 0.25) is 0 Å². The first-order valence-corrected chi connectivity index (χ1v) is 9.25. The number of carbonyl (C=O) groups excluding carboxylic acids is 1. The van der Waals surface area contributed by atoms with Crippen molar-refractivity contribution in [3.63, 3.8) is 0 Å². The summed E-state index contributed by atoms with van der Waals surface area (Å²) in [5.74, 6) is 1.07. The lowest BCUT2D eigenvalue weighted by Gasteiger charge is -2.16. The van der Waals surface area contributed by atoms with Gasteiger partial charge in [0.25, 0.3) is 5.89 Å². The van der Waals surface area contributed by atoms with Crippen molar-refractivity contribution in [2.24, 2.45) is 0 Å². The van der Waals surface area contributed by atoms with Gasteiger partial charge in [0.15, 0.2) is 5.82 Å². The summed E-state index contributed by atoms with van der Waals surface area (Å²) in [7, 11) is 1.56. The number of halogens is 3. The molecule has 1 fully saturated rings. The number of amides is 1. The first kappa shape index (κ1) is 19.9. The van der Waals surface area contributed by atoms with E-state index in [4.69, 9.17) is 9.26 Å². The van der Waals surface area contributed by atoms with E-state index in [0.29, 0.717) is 35.1 Å². The molecule has 0 aliphatic carbocycles. The van der Waals surface area contributed by atoms with Crippen LogP contribution in [0.5, 0.6) is 5.75 Å². The van der Waals surface area contributed by atoms with Crippen molar-refractivity contribution in [2.45, 2.75) is 25.1 Å². The molecular weight excluding hydrogens is 399 g/mol. The van der Waals surface area contributed by atoms with Crippen LogP contribution in [-0.2, 0) is 17.5 Å². The second kappa shape index (κ2) is 7.81. The standard InChI is InChI=1S/C21H18F3N3O3/c1-29-17-4-2-3-14(9-17)20-25-19(26-30-20)15-10-18(28)27(12-15)11-13-5-7-16(8-6-13)21(22,23)24/h2-9,15H,10-12H2,1H3. The van der Waals surface area contributed by atoms with Gasteiger partial charge in [-0.15, -0.1) is 0 Å². The van der Waals surface area contributed by atoms with E-state index in [9.17, 15) is 18.0 Å². The van der Waals surface area contributed by atoms with E-state index in [1.165, 1.54) is 12.1 Å². The van der Waals surface area contributed by atoms with Crippen LogP contribution < -0.4 is 4.74 Å². The lowest BCUT2D eigenvalue weighted by atomic mass is 10.1. The van der Waals surface area contributed by atoms with Crippen molar-refractivity contribution in [3.05, 3.63) is 65.5 Å². The van der Waals surface area contributed by atoms with Gasteiger partial charge in [-0.1, -0.05) is 23.4 Å². The summed E-state index contributed by atoms with van der Waals surface area (Å²) in [6, 6.07) is 12.0. The summed E-state index contributed by atoms with van der Waals surface area (Å²) in [6.07, 6.45) is -4.16. The van der Waals surface area contributed by atoms with E-state index in [-0.39, 0.29) is 24.8 Å². The minimum atomic E-state index is -4.38. The maximum atomic E-state index is 12.7. The Hall–Kier alpha value is -3.36. The first-order chi connectivity index (χ1) is 14.3. The maximum absolute atomic E-state index is 12.7. The first-order valence-electron chi connectivity index (χ1n) is 9.25. The zero-order chi connectivity index (χ0) is 21.3. The molecule has 3 aromatic rings. The highest BCUT2D eigenvalue weighted by atomic mass is 19.4. The third-order valence-corrected chi connectivity index (χ3v) is 4.99. The minimum Gasteiger partial charge on any atom is -0.497 e. The molecule has 0 saturated carbocycles. The fourth-order valence-electron chi connectivity index (χ4n) is 3.39. The van der Waals surface area contributed by atoms with Crippen molar-refractivity contribution in [2.75, 3.05) is 13.7 Å². The molecule has 1 amide bonds. The van der Waals surface area contributed by atoms with Crippen LogP contribution in [-0.4, -0.2) is 34.6 Å². The van der Waals surface area contributed by atoms with E-state index in [2.05, 4.69) is 10.1 Å². The van der Waals surface area contributed by atoms with Gasteiger partial charge < -0.3 is 14.2 Å². The summed E-state index contributed by atoms with van der Waals surface area (Å²) in [4.78, 5) is 18.4. The molecule has 1 unspecified atom stereocenters. The smallest absolute Gasteiger partial charge is 0.416 e. The summed E-state index contributed by atoms with van der Waals surface area (Å²) < 4.78 is 48.6. The number of carbonyl (C=O) groups is 1. The van der Waals surface area contributed by atoms with Crippen LogP contribution in [0, 0.1) is 0 Å². The third-order valence-electron chi connectivity index (χ3n) is 4.99. The van der Waals surface area contributed by atoms with Gasteiger partial charge in [-0.2, -0.15) is 18.2 Å². The van der Waals surface area contributed by atoms with Crippen molar-refractivity contribution in [3.8, 4) is 17.2 Å². The highest BCUT2D eigenvalue weighted by Crippen LogP contribution is 2.31. The largest absolute Gasteiger partial charge is 0.497 e. The van der Waals surface area contributed by atoms with E-state index >= 15 is 0 Å². The highest BCUT2D eigenvalue weighted by Gasteiger charge is 2.34. The molecule has 2 aromatic carbocycles. The molecule has 1 aliphatic heterocycles. The van der Waals surface area contributed by atoms with Gasteiger partial charge in [0.1, 0.15) is 5.75 Å². The Labute approximate surface area is 170 Å². The van der Waals surface area contributed by atoms with Gasteiger partial charge >= 0.3 is 6.18 Å². The molecule has 1 atom stereocenters. The SMILES string of the molecule is COc1cccc(-c2nc(C3CC(=O)N(Cc4ccc(C(F)(F)F)cc4)C3)no2)c1. The van der Waals surface area contributed by atoms with Gasteiger partial charge in [0, 0.05) is 31.0 Å². The van der Waals surface area contributed by atoms with Gasteiger partial charge in [0.05, 0.1) is 12.7 Å². The quantitative estimate of drug-likeness (QED) is 0.620. The number of alkyl halides is 3. The number of benzene rings is 2. The van der Waals surface area contributed by atoms with E-state index in [1.807, 2.05) is 12.1 Å². The molecule has 6 nitrogen and oxygen atoms in total. The number of methoxy groups -OCH3 is 1. The molecule has 4 rings (SSSR count). The Kier molecular flexibility index (Phi) is 5.19. The molecule has 156 valence electrons. The Bertz CT molecular complexity index is 1050. The van der Waals surface area contributed by atoms with Crippen LogP contribution in [0.3, 0.4) is 0 Å². The number of nitrogens with zero attached hydrogens (tertiary/aromatic N) is 3. The zero-order valence-corrected chi connectivity index (χ0v) is 16.0. The van der Waals surface area contributed by atoms with Crippen LogP contribution in [0.25, 0.3) is 11.5 Å². The van der Waals surface area contributed by atoms with Gasteiger partial charge in [-0.3, -0.25) is 4.79 Å². The van der Waals surface area contributed by atoms with E-state index in [0.717, 1.165) is 12.1 Å². The maximum Gasteiger partial charge on any atom is 0.416 e. The number of likely N-dealkylation sites (tertiary alicyclic amines) is 1. The third kappa shape index (κ3) is 4.14. The molecule has 0 bridgehead atoms. The van der Waals surface area contributed by atoms with E-state index < -0.39 is 11.7 Å². The molecule has 0 N–H and O–H groups in total. The molecule has 0 radical (unpaired) electrons. The number of hydrogen-bond donors (Lipinski definition) is 0. The Morgan fingerprint density at radius 1 is 1.20 bits per heavy atom.